The van der Waals surface area contributed by atoms with Crippen LogP contribution in [0.4, 0.5) is 0 Å². The Bertz CT molecular complexity index is 235. The summed E-state index contributed by atoms with van der Waals surface area (Å²) in [6.07, 6.45) is 5.83. The Kier molecular flexibility index (Phi) is 3.99. The van der Waals surface area contributed by atoms with E-state index in [2.05, 4.69) is 5.92 Å². The molecule has 0 spiro atoms. The van der Waals surface area contributed by atoms with Gasteiger partial charge in [-0.05, 0) is 19.8 Å². The topological polar surface area (TPSA) is 74.6 Å². The Balaban J connectivity index is 4.36. The van der Waals surface area contributed by atoms with E-state index in [9.17, 15) is 9.59 Å². The van der Waals surface area contributed by atoms with E-state index >= 15 is 0 Å². The number of carbonyl (C=O) groups is 2. The first-order chi connectivity index (χ1) is 5.95. The summed E-state index contributed by atoms with van der Waals surface area (Å²) in [7, 11) is 0. The summed E-state index contributed by atoms with van der Waals surface area (Å²) in [4.78, 5) is 21.2. The number of hydrogen-bond donors (Lipinski definition) is 2. The minimum Gasteiger partial charge on any atom is -0.480 e. The smallest absolute Gasteiger partial charge is 0.320 e. The first-order valence-corrected chi connectivity index (χ1v) is 3.85. The van der Waals surface area contributed by atoms with Crippen molar-refractivity contribution in [1.82, 2.24) is 0 Å². The van der Waals surface area contributed by atoms with E-state index in [0.717, 1.165) is 0 Å². The first kappa shape index (κ1) is 11.5. The van der Waals surface area contributed by atoms with E-state index in [-0.39, 0.29) is 6.42 Å². The van der Waals surface area contributed by atoms with Crippen molar-refractivity contribution in [3.8, 4) is 12.3 Å². The average Bonchev–Trinajstić information content (AvgIpc) is 2.03. The van der Waals surface area contributed by atoms with Gasteiger partial charge in [-0.3, -0.25) is 9.59 Å². The van der Waals surface area contributed by atoms with Gasteiger partial charge in [0.2, 0.25) is 0 Å². The lowest BCUT2D eigenvalue weighted by Crippen LogP contribution is -2.36. The first-order valence-electron chi connectivity index (χ1n) is 3.85. The molecule has 0 saturated carbocycles. The van der Waals surface area contributed by atoms with Crippen LogP contribution in [0, 0.1) is 17.8 Å². The van der Waals surface area contributed by atoms with Crippen LogP contribution in [0.3, 0.4) is 0 Å². The molecular weight excluding hydrogens is 172 g/mol. The maximum absolute atomic E-state index is 10.6. The van der Waals surface area contributed by atoms with Gasteiger partial charge in [0.05, 0.1) is 0 Å². The number of carboxylic acid groups (broad SMARTS) is 2. The van der Waals surface area contributed by atoms with Crippen molar-refractivity contribution in [1.29, 1.82) is 0 Å². The molecule has 0 fully saturated rings. The van der Waals surface area contributed by atoms with E-state index in [4.69, 9.17) is 16.6 Å². The average molecular weight is 184 g/mol. The predicted molar refractivity (Wildman–Crippen MR) is 46.1 cm³/mol. The second-order valence-electron chi connectivity index (χ2n) is 3.00. The van der Waals surface area contributed by atoms with E-state index < -0.39 is 17.4 Å². The minimum absolute atomic E-state index is 0.0574. The third kappa shape index (κ3) is 2.79. The second-order valence-corrected chi connectivity index (χ2v) is 3.00. The molecule has 0 unspecified atom stereocenters. The summed E-state index contributed by atoms with van der Waals surface area (Å²) < 4.78 is 0. The highest BCUT2D eigenvalue weighted by Crippen LogP contribution is 2.24. The lowest BCUT2D eigenvalue weighted by atomic mass is 9.85. The fourth-order valence-electron chi connectivity index (χ4n) is 0.849. The number of aliphatic carboxylic acids is 2. The van der Waals surface area contributed by atoms with Gasteiger partial charge in [-0.15, -0.1) is 12.3 Å². The van der Waals surface area contributed by atoms with Crippen molar-refractivity contribution in [2.24, 2.45) is 5.41 Å². The second kappa shape index (κ2) is 4.51. The Labute approximate surface area is 76.6 Å². The largest absolute Gasteiger partial charge is 0.480 e. The van der Waals surface area contributed by atoms with Crippen LogP contribution in [-0.2, 0) is 9.59 Å². The molecule has 4 heteroatoms. The van der Waals surface area contributed by atoms with Gasteiger partial charge in [-0.1, -0.05) is 0 Å². The molecule has 2 N–H and O–H groups in total. The molecule has 0 aromatic heterocycles. The van der Waals surface area contributed by atoms with Gasteiger partial charge in [-0.2, -0.15) is 0 Å². The summed E-state index contributed by atoms with van der Waals surface area (Å²) in [5, 5.41) is 17.3. The van der Waals surface area contributed by atoms with Gasteiger partial charge in [0.15, 0.2) is 5.41 Å². The number of unbranched alkanes of at least 4 members (excludes halogenated alkanes) is 1. The van der Waals surface area contributed by atoms with Crippen LogP contribution in [0.25, 0.3) is 0 Å². The number of rotatable bonds is 5. The van der Waals surface area contributed by atoms with Crippen molar-refractivity contribution in [2.45, 2.75) is 26.2 Å². The molecule has 0 amide bonds. The van der Waals surface area contributed by atoms with Crippen LogP contribution in [-0.4, -0.2) is 22.2 Å². The Morgan fingerprint density at radius 3 is 2.15 bits per heavy atom. The molecular formula is C9H12O4. The summed E-state index contributed by atoms with van der Waals surface area (Å²) in [6, 6.07) is 0. The van der Waals surface area contributed by atoms with Crippen LogP contribution in [0.1, 0.15) is 26.2 Å². The van der Waals surface area contributed by atoms with Gasteiger partial charge in [-0.25, -0.2) is 0 Å². The molecule has 0 aliphatic heterocycles. The fourth-order valence-corrected chi connectivity index (χ4v) is 0.849. The Hall–Kier alpha value is -1.50. The molecule has 72 valence electrons. The van der Waals surface area contributed by atoms with Crippen LogP contribution < -0.4 is 0 Å². The van der Waals surface area contributed by atoms with E-state index in [1.165, 1.54) is 6.92 Å². The zero-order chi connectivity index (χ0) is 10.5. The molecule has 0 bridgehead atoms. The Morgan fingerprint density at radius 2 is 1.85 bits per heavy atom. The van der Waals surface area contributed by atoms with Crippen molar-refractivity contribution in [3.05, 3.63) is 0 Å². The van der Waals surface area contributed by atoms with Gasteiger partial charge in [0, 0.05) is 6.42 Å². The van der Waals surface area contributed by atoms with Crippen LogP contribution in [0.2, 0.25) is 0 Å². The molecule has 0 radical (unpaired) electrons. The monoisotopic (exact) mass is 184 g/mol. The molecule has 0 aromatic rings. The van der Waals surface area contributed by atoms with Crippen molar-refractivity contribution >= 4 is 11.9 Å². The fraction of sp³-hybridized carbons (Fsp3) is 0.556. The normalized spacial score (nSPS) is 10.5. The summed E-state index contributed by atoms with van der Waals surface area (Å²) in [5.41, 5.74) is -1.71. The summed E-state index contributed by atoms with van der Waals surface area (Å²) in [6.45, 7) is 1.19. The molecule has 0 heterocycles. The molecule has 0 aliphatic rings. The number of terminal acetylenes is 1. The quantitative estimate of drug-likeness (QED) is 0.379. The predicted octanol–water partition coefficient (Wildman–Crippen LogP) is 0.965. The molecule has 0 rings (SSSR count). The summed E-state index contributed by atoms with van der Waals surface area (Å²) >= 11 is 0. The number of hydrogen-bond acceptors (Lipinski definition) is 2. The Morgan fingerprint density at radius 1 is 1.38 bits per heavy atom. The van der Waals surface area contributed by atoms with Crippen LogP contribution >= 0.6 is 0 Å². The maximum atomic E-state index is 10.6. The number of carboxylic acids is 2. The molecule has 4 nitrogen and oxygen atoms in total. The standard InChI is InChI=1S/C9H12O4/c1-3-4-5-6-9(2,7(10)11)8(12)13/h1H,4-6H2,2H3,(H,10,11)(H,12,13). The van der Waals surface area contributed by atoms with E-state index in [1.54, 1.807) is 0 Å². The maximum Gasteiger partial charge on any atom is 0.320 e. The van der Waals surface area contributed by atoms with E-state index in [0.29, 0.717) is 12.8 Å². The SMILES string of the molecule is C#CCCCC(C)(C(=O)O)C(=O)O. The van der Waals surface area contributed by atoms with Crippen molar-refractivity contribution in [3.63, 3.8) is 0 Å². The highest BCUT2D eigenvalue weighted by molar-refractivity contribution is 5.97. The van der Waals surface area contributed by atoms with Gasteiger partial charge in [0.25, 0.3) is 0 Å². The van der Waals surface area contributed by atoms with Gasteiger partial charge < -0.3 is 10.2 Å². The molecule has 0 atom stereocenters. The zero-order valence-electron chi connectivity index (χ0n) is 7.41. The van der Waals surface area contributed by atoms with Gasteiger partial charge >= 0.3 is 11.9 Å². The summed E-state index contributed by atoms with van der Waals surface area (Å²) in [5.74, 6) is -0.312. The third-order valence-corrected chi connectivity index (χ3v) is 1.94. The van der Waals surface area contributed by atoms with Crippen molar-refractivity contribution in [2.75, 3.05) is 0 Å². The van der Waals surface area contributed by atoms with Crippen LogP contribution in [0.15, 0.2) is 0 Å². The third-order valence-electron chi connectivity index (χ3n) is 1.94. The molecule has 0 aromatic carbocycles. The lowest BCUT2D eigenvalue weighted by molar-refractivity contribution is -0.163. The molecule has 0 saturated heterocycles. The zero-order valence-corrected chi connectivity index (χ0v) is 7.41. The van der Waals surface area contributed by atoms with E-state index in [1.807, 2.05) is 0 Å². The molecule has 13 heavy (non-hydrogen) atoms. The highest BCUT2D eigenvalue weighted by atomic mass is 16.4. The van der Waals surface area contributed by atoms with Gasteiger partial charge in [0.1, 0.15) is 0 Å². The highest BCUT2D eigenvalue weighted by Gasteiger charge is 2.40. The van der Waals surface area contributed by atoms with Crippen LogP contribution in [0.5, 0.6) is 0 Å². The lowest BCUT2D eigenvalue weighted by Gasteiger charge is -2.18. The molecule has 0 aliphatic carbocycles. The minimum atomic E-state index is -1.71. The van der Waals surface area contributed by atoms with Crippen molar-refractivity contribution < 1.29 is 19.8 Å².